The van der Waals surface area contributed by atoms with Crippen LogP contribution in [-0.2, 0) is 0 Å². The van der Waals surface area contributed by atoms with E-state index >= 15 is 0 Å². The monoisotopic (exact) mass is 264 g/mol. The standard InChI is InChI=1S/C12H25BrO/c1-2-3-4-5-6-7-8-9-12(13)10-11-14/h12,14H,2-11H2,1H3. The lowest BCUT2D eigenvalue weighted by molar-refractivity contribution is 0.285. The van der Waals surface area contributed by atoms with Crippen LogP contribution in [0.25, 0.3) is 0 Å². The summed E-state index contributed by atoms with van der Waals surface area (Å²) in [6.45, 7) is 2.57. The lowest BCUT2D eigenvalue weighted by Crippen LogP contribution is -2.00. The lowest BCUT2D eigenvalue weighted by Gasteiger charge is -2.07. The van der Waals surface area contributed by atoms with E-state index in [4.69, 9.17) is 5.11 Å². The Bertz CT molecular complexity index is 106. The van der Waals surface area contributed by atoms with Gasteiger partial charge in [-0.05, 0) is 12.8 Å². The SMILES string of the molecule is CCCCCCCCCC(Br)CCO. The van der Waals surface area contributed by atoms with Crippen LogP contribution in [0.15, 0.2) is 0 Å². The molecule has 1 atom stereocenters. The topological polar surface area (TPSA) is 20.2 Å². The molecule has 0 amide bonds. The minimum atomic E-state index is 0.312. The average molecular weight is 265 g/mol. The Hall–Kier alpha value is 0.440. The van der Waals surface area contributed by atoms with Gasteiger partial charge in [-0.2, -0.15) is 0 Å². The molecule has 0 aromatic heterocycles. The van der Waals surface area contributed by atoms with Gasteiger partial charge in [-0.15, -0.1) is 0 Å². The van der Waals surface area contributed by atoms with Gasteiger partial charge in [0.05, 0.1) is 0 Å². The summed E-state index contributed by atoms with van der Waals surface area (Å²) >= 11 is 3.57. The van der Waals surface area contributed by atoms with Crippen LogP contribution in [-0.4, -0.2) is 16.5 Å². The summed E-state index contributed by atoms with van der Waals surface area (Å²) in [6, 6.07) is 0. The molecule has 0 aromatic carbocycles. The van der Waals surface area contributed by atoms with Crippen LogP contribution in [0, 0.1) is 0 Å². The van der Waals surface area contributed by atoms with E-state index in [2.05, 4.69) is 22.9 Å². The van der Waals surface area contributed by atoms with Crippen molar-refractivity contribution in [1.82, 2.24) is 0 Å². The molecule has 0 saturated heterocycles. The molecule has 0 rings (SSSR count). The van der Waals surface area contributed by atoms with Crippen molar-refractivity contribution in [3.8, 4) is 0 Å². The fraction of sp³-hybridized carbons (Fsp3) is 1.00. The van der Waals surface area contributed by atoms with Crippen molar-refractivity contribution in [2.45, 2.75) is 69.5 Å². The summed E-state index contributed by atoms with van der Waals surface area (Å²) in [4.78, 5) is 0.531. The van der Waals surface area contributed by atoms with Crippen LogP contribution in [0.1, 0.15) is 64.7 Å². The van der Waals surface area contributed by atoms with Gasteiger partial charge < -0.3 is 5.11 Å². The second kappa shape index (κ2) is 11.5. The third-order valence-electron chi connectivity index (χ3n) is 2.56. The predicted octanol–water partition coefficient (Wildman–Crippen LogP) is 4.27. The smallest absolute Gasteiger partial charge is 0.0441 e. The van der Waals surface area contributed by atoms with Crippen molar-refractivity contribution < 1.29 is 5.11 Å². The maximum atomic E-state index is 8.71. The molecular weight excluding hydrogens is 240 g/mol. The zero-order valence-electron chi connectivity index (χ0n) is 9.47. The molecule has 1 unspecified atom stereocenters. The molecule has 0 aliphatic rings. The first-order valence-electron chi connectivity index (χ1n) is 6.06. The van der Waals surface area contributed by atoms with E-state index in [0.29, 0.717) is 11.4 Å². The number of halogens is 1. The van der Waals surface area contributed by atoms with Gasteiger partial charge in [0, 0.05) is 11.4 Å². The van der Waals surface area contributed by atoms with Crippen LogP contribution < -0.4 is 0 Å². The quantitative estimate of drug-likeness (QED) is 0.462. The molecule has 0 heterocycles. The summed E-state index contributed by atoms with van der Waals surface area (Å²) < 4.78 is 0. The van der Waals surface area contributed by atoms with Crippen molar-refractivity contribution in [3.05, 3.63) is 0 Å². The maximum absolute atomic E-state index is 8.71. The van der Waals surface area contributed by atoms with Crippen LogP contribution in [0.3, 0.4) is 0 Å². The van der Waals surface area contributed by atoms with Crippen LogP contribution >= 0.6 is 15.9 Å². The third-order valence-corrected chi connectivity index (χ3v) is 3.48. The molecule has 0 fully saturated rings. The van der Waals surface area contributed by atoms with Crippen molar-refractivity contribution >= 4 is 15.9 Å². The minimum Gasteiger partial charge on any atom is -0.396 e. The molecule has 1 nitrogen and oxygen atoms in total. The van der Waals surface area contributed by atoms with E-state index in [9.17, 15) is 0 Å². The number of aliphatic hydroxyl groups excluding tert-OH is 1. The van der Waals surface area contributed by atoms with Gasteiger partial charge in [0.2, 0.25) is 0 Å². The van der Waals surface area contributed by atoms with Gasteiger partial charge in [-0.3, -0.25) is 0 Å². The Balaban J connectivity index is 2.98. The Morgan fingerprint density at radius 3 is 2.07 bits per heavy atom. The number of hydrogen-bond donors (Lipinski definition) is 1. The van der Waals surface area contributed by atoms with Crippen molar-refractivity contribution in [3.63, 3.8) is 0 Å². The maximum Gasteiger partial charge on any atom is 0.0441 e. The average Bonchev–Trinajstić information content (AvgIpc) is 2.17. The van der Waals surface area contributed by atoms with Gasteiger partial charge in [0.15, 0.2) is 0 Å². The largest absolute Gasteiger partial charge is 0.396 e. The summed E-state index contributed by atoms with van der Waals surface area (Å²) in [5, 5.41) is 8.71. The summed E-state index contributed by atoms with van der Waals surface area (Å²) in [5.74, 6) is 0. The van der Waals surface area contributed by atoms with E-state index in [0.717, 1.165) is 6.42 Å². The molecular formula is C12H25BrO. The second-order valence-corrected chi connectivity index (χ2v) is 5.31. The van der Waals surface area contributed by atoms with Crippen LogP contribution in [0.4, 0.5) is 0 Å². The fourth-order valence-corrected chi connectivity index (χ4v) is 2.14. The minimum absolute atomic E-state index is 0.312. The molecule has 0 saturated carbocycles. The Kier molecular flexibility index (Phi) is 11.9. The van der Waals surface area contributed by atoms with Crippen LogP contribution in [0.2, 0.25) is 0 Å². The molecule has 0 bridgehead atoms. The highest BCUT2D eigenvalue weighted by atomic mass is 79.9. The van der Waals surface area contributed by atoms with Crippen LogP contribution in [0.5, 0.6) is 0 Å². The molecule has 1 N–H and O–H groups in total. The summed E-state index contributed by atoms with van der Waals surface area (Å²) in [7, 11) is 0. The molecule has 0 aliphatic carbocycles. The van der Waals surface area contributed by atoms with Crippen molar-refractivity contribution in [1.29, 1.82) is 0 Å². The zero-order chi connectivity index (χ0) is 10.6. The van der Waals surface area contributed by atoms with E-state index in [1.54, 1.807) is 0 Å². The highest BCUT2D eigenvalue weighted by molar-refractivity contribution is 9.09. The number of alkyl halides is 1. The number of hydrogen-bond acceptors (Lipinski definition) is 1. The molecule has 0 aliphatic heterocycles. The van der Waals surface area contributed by atoms with E-state index in [1.807, 2.05) is 0 Å². The first-order valence-corrected chi connectivity index (χ1v) is 6.97. The zero-order valence-corrected chi connectivity index (χ0v) is 11.1. The highest BCUT2D eigenvalue weighted by Crippen LogP contribution is 2.15. The third kappa shape index (κ3) is 10.5. The van der Waals surface area contributed by atoms with Gasteiger partial charge in [0.25, 0.3) is 0 Å². The molecule has 0 aromatic rings. The Morgan fingerprint density at radius 2 is 1.50 bits per heavy atom. The van der Waals surface area contributed by atoms with E-state index in [1.165, 1.54) is 51.4 Å². The summed E-state index contributed by atoms with van der Waals surface area (Å²) in [6.07, 6.45) is 11.7. The fourth-order valence-electron chi connectivity index (χ4n) is 1.61. The number of aliphatic hydroxyl groups is 1. The Labute approximate surface area is 97.4 Å². The van der Waals surface area contributed by atoms with Crippen molar-refractivity contribution in [2.75, 3.05) is 6.61 Å². The first-order chi connectivity index (χ1) is 6.81. The van der Waals surface area contributed by atoms with Gasteiger partial charge in [-0.1, -0.05) is 67.8 Å². The second-order valence-electron chi connectivity index (χ2n) is 4.02. The molecule has 0 spiro atoms. The van der Waals surface area contributed by atoms with E-state index < -0.39 is 0 Å². The Morgan fingerprint density at radius 1 is 0.929 bits per heavy atom. The normalized spacial score (nSPS) is 13.1. The molecule has 14 heavy (non-hydrogen) atoms. The number of rotatable bonds is 10. The van der Waals surface area contributed by atoms with Crippen molar-refractivity contribution in [2.24, 2.45) is 0 Å². The molecule has 86 valence electrons. The predicted molar refractivity (Wildman–Crippen MR) is 67.0 cm³/mol. The van der Waals surface area contributed by atoms with E-state index in [-0.39, 0.29) is 0 Å². The number of unbranched alkanes of at least 4 members (excludes halogenated alkanes) is 6. The molecule has 0 radical (unpaired) electrons. The van der Waals surface area contributed by atoms with Gasteiger partial charge in [-0.25, -0.2) is 0 Å². The van der Waals surface area contributed by atoms with Gasteiger partial charge in [0.1, 0.15) is 0 Å². The molecule has 2 heteroatoms. The first kappa shape index (κ1) is 14.4. The lowest BCUT2D eigenvalue weighted by atomic mass is 10.1. The highest BCUT2D eigenvalue weighted by Gasteiger charge is 2.01. The summed E-state index contributed by atoms with van der Waals surface area (Å²) in [5.41, 5.74) is 0. The van der Waals surface area contributed by atoms with Gasteiger partial charge >= 0.3 is 0 Å².